The molecule has 2 nitrogen and oxygen atoms in total. The second kappa shape index (κ2) is 4.95. The van der Waals surface area contributed by atoms with Crippen LogP contribution in [-0.4, -0.2) is 0 Å². The van der Waals surface area contributed by atoms with Gasteiger partial charge in [-0.2, -0.15) is 0 Å². The minimum Gasteiger partial charge on any atom is -0.456 e. The molecule has 0 saturated carbocycles. The van der Waals surface area contributed by atoms with E-state index in [0.717, 1.165) is 0 Å². The molecule has 0 amide bonds. The lowest BCUT2D eigenvalue weighted by atomic mass is 9.86. The summed E-state index contributed by atoms with van der Waals surface area (Å²) in [6.07, 6.45) is 0. The lowest BCUT2D eigenvalue weighted by molar-refractivity contribution is 0.583. The summed E-state index contributed by atoms with van der Waals surface area (Å²) in [5.74, 6) is 0. The van der Waals surface area contributed by atoms with Crippen LogP contribution in [0.5, 0.6) is 0 Å². The highest BCUT2D eigenvalue weighted by Gasteiger charge is 2.18. The minimum atomic E-state index is 0.0228. The van der Waals surface area contributed by atoms with Crippen molar-refractivity contribution in [3.8, 4) is 0 Å². The van der Waals surface area contributed by atoms with Gasteiger partial charge in [0, 0.05) is 0 Å². The SMILES string of the molecule is CC(C)(C)c1ccc2c(=O)c3ccc(C(C)(C)C)cc3oc2c1. The summed E-state index contributed by atoms with van der Waals surface area (Å²) in [4.78, 5) is 12.7. The number of benzene rings is 2. The molecule has 0 saturated heterocycles. The smallest absolute Gasteiger partial charge is 0.200 e. The third-order valence-electron chi connectivity index (χ3n) is 4.40. The zero-order valence-corrected chi connectivity index (χ0v) is 14.8. The number of hydrogen-bond donors (Lipinski definition) is 0. The highest BCUT2D eigenvalue weighted by atomic mass is 16.3. The Kier molecular flexibility index (Phi) is 3.40. The molecule has 3 aromatic rings. The van der Waals surface area contributed by atoms with Crippen LogP contribution in [0.3, 0.4) is 0 Å². The van der Waals surface area contributed by atoms with E-state index in [1.165, 1.54) is 11.1 Å². The van der Waals surface area contributed by atoms with Gasteiger partial charge in [-0.25, -0.2) is 0 Å². The van der Waals surface area contributed by atoms with Crippen LogP contribution < -0.4 is 5.43 Å². The molecule has 0 bridgehead atoms. The number of rotatable bonds is 0. The fraction of sp³-hybridized carbons (Fsp3) is 0.381. The summed E-state index contributed by atoms with van der Waals surface area (Å²) < 4.78 is 6.10. The van der Waals surface area contributed by atoms with Gasteiger partial charge >= 0.3 is 0 Å². The van der Waals surface area contributed by atoms with Crippen molar-refractivity contribution in [2.45, 2.75) is 52.4 Å². The van der Waals surface area contributed by atoms with Crippen molar-refractivity contribution in [3.05, 3.63) is 57.7 Å². The van der Waals surface area contributed by atoms with E-state index < -0.39 is 0 Å². The molecule has 3 rings (SSSR count). The average molecular weight is 308 g/mol. The van der Waals surface area contributed by atoms with E-state index in [0.29, 0.717) is 21.9 Å². The molecular formula is C21H24O2. The second-order valence-corrected chi connectivity index (χ2v) is 8.35. The van der Waals surface area contributed by atoms with E-state index in [1.54, 1.807) is 0 Å². The number of fused-ring (bicyclic) bond motifs is 2. The molecule has 0 aliphatic heterocycles. The molecule has 1 aromatic heterocycles. The Morgan fingerprint density at radius 2 is 1.09 bits per heavy atom. The minimum absolute atomic E-state index is 0.0228. The van der Waals surface area contributed by atoms with Crippen molar-refractivity contribution >= 4 is 21.9 Å². The van der Waals surface area contributed by atoms with Crippen molar-refractivity contribution in [2.24, 2.45) is 0 Å². The predicted octanol–water partition coefficient (Wildman–Crippen LogP) is 5.54. The molecule has 0 spiro atoms. The molecule has 0 N–H and O–H groups in total. The van der Waals surface area contributed by atoms with Crippen LogP contribution in [0, 0.1) is 0 Å². The molecule has 2 heteroatoms. The van der Waals surface area contributed by atoms with E-state index in [-0.39, 0.29) is 16.3 Å². The van der Waals surface area contributed by atoms with Crippen LogP contribution in [-0.2, 0) is 10.8 Å². The Balaban J connectivity index is 2.34. The monoisotopic (exact) mass is 308 g/mol. The first-order valence-corrected chi connectivity index (χ1v) is 8.09. The first-order chi connectivity index (χ1) is 10.6. The summed E-state index contributed by atoms with van der Waals surface area (Å²) >= 11 is 0. The van der Waals surface area contributed by atoms with Crippen molar-refractivity contribution in [1.29, 1.82) is 0 Å². The van der Waals surface area contributed by atoms with E-state index in [1.807, 2.05) is 36.4 Å². The zero-order chi connectivity index (χ0) is 17.0. The molecule has 2 aromatic carbocycles. The van der Waals surface area contributed by atoms with Crippen LogP contribution >= 0.6 is 0 Å². The maximum absolute atomic E-state index is 12.7. The number of hydrogen-bond acceptors (Lipinski definition) is 2. The molecule has 0 aliphatic rings. The Morgan fingerprint density at radius 1 is 0.696 bits per heavy atom. The van der Waals surface area contributed by atoms with Gasteiger partial charge in [-0.3, -0.25) is 4.79 Å². The third kappa shape index (κ3) is 2.78. The largest absolute Gasteiger partial charge is 0.456 e. The molecule has 0 fully saturated rings. The first-order valence-electron chi connectivity index (χ1n) is 8.09. The molecule has 0 aliphatic carbocycles. The van der Waals surface area contributed by atoms with Crippen LogP contribution in [0.1, 0.15) is 52.7 Å². The summed E-state index contributed by atoms with van der Waals surface area (Å²) in [6.45, 7) is 12.9. The molecule has 120 valence electrons. The van der Waals surface area contributed by atoms with Crippen molar-refractivity contribution in [3.63, 3.8) is 0 Å². The van der Waals surface area contributed by atoms with Crippen LogP contribution in [0.2, 0.25) is 0 Å². The maximum atomic E-state index is 12.7. The lowest BCUT2D eigenvalue weighted by Crippen LogP contribution is -2.13. The molecular weight excluding hydrogens is 284 g/mol. The topological polar surface area (TPSA) is 30.2 Å². The average Bonchev–Trinajstić information content (AvgIpc) is 2.44. The first kappa shape index (κ1) is 15.8. The van der Waals surface area contributed by atoms with Gasteiger partial charge in [0.1, 0.15) is 11.2 Å². The fourth-order valence-corrected chi connectivity index (χ4v) is 2.79. The van der Waals surface area contributed by atoms with E-state index in [9.17, 15) is 4.79 Å². The van der Waals surface area contributed by atoms with Gasteiger partial charge in [0.15, 0.2) is 0 Å². The highest BCUT2D eigenvalue weighted by Crippen LogP contribution is 2.29. The lowest BCUT2D eigenvalue weighted by Gasteiger charge is -2.20. The van der Waals surface area contributed by atoms with Crippen LogP contribution in [0.15, 0.2) is 45.6 Å². The highest BCUT2D eigenvalue weighted by molar-refractivity contribution is 5.90. The van der Waals surface area contributed by atoms with Gasteiger partial charge < -0.3 is 4.42 Å². The van der Waals surface area contributed by atoms with Gasteiger partial charge in [-0.15, -0.1) is 0 Å². The standard InChI is InChI=1S/C21H24O2/c1-20(2,3)13-7-9-15-17(11-13)23-18-12-14(21(4,5)6)8-10-16(18)19(15)22/h7-12H,1-6H3. The van der Waals surface area contributed by atoms with Gasteiger partial charge in [0.25, 0.3) is 0 Å². The summed E-state index contributed by atoms with van der Waals surface area (Å²) in [6, 6.07) is 11.8. The second-order valence-electron chi connectivity index (χ2n) is 8.35. The Bertz CT molecular complexity index is 873. The fourth-order valence-electron chi connectivity index (χ4n) is 2.79. The predicted molar refractivity (Wildman–Crippen MR) is 97.4 cm³/mol. The van der Waals surface area contributed by atoms with Gasteiger partial charge in [-0.1, -0.05) is 53.7 Å². The van der Waals surface area contributed by atoms with Crippen LogP contribution in [0.4, 0.5) is 0 Å². The molecule has 0 unspecified atom stereocenters. The van der Waals surface area contributed by atoms with Gasteiger partial charge in [0.05, 0.1) is 10.8 Å². The molecule has 0 atom stereocenters. The summed E-state index contributed by atoms with van der Waals surface area (Å²) in [7, 11) is 0. The van der Waals surface area contributed by atoms with Crippen molar-refractivity contribution < 1.29 is 4.42 Å². The Labute approximate surface area is 137 Å². The van der Waals surface area contributed by atoms with Crippen molar-refractivity contribution in [2.75, 3.05) is 0 Å². The molecule has 1 heterocycles. The van der Waals surface area contributed by atoms with Crippen molar-refractivity contribution in [1.82, 2.24) is 0 Å². The normalized spacial score (nSPS) is 13.0. The maximum Gasteiger partial charge on any atom is 0.200 e. The van der Waals surface area contributed by atoms with E-state index in [2.05, 4.69) is 41.5 Å². The summed E-state index contributed by atoms with van der Waals surface area (Å²) in [5, 5.41) is 1.29. The molecule has 23 heavy (non-hydrogen) atoms. The van der Waals surface area contributed by atoms with Gasteiger partial charge in [-0.05, 0) is 46.2 Å². The Morgan fingerprint density at radius 3 is 1.43 bits per heavy atom. The molecule has 0 radical (unpaired) electrons. The third-order valence-corrected chi connectivity index (χ3v) is 4.40. The quantitative estimate of drug-likeness (QED) is 0.510. The summed E-state index contributed by atoms with van der Waals surface area (Å²) in [5.41, 5.74) is 3.76. The van der Waals surface area contributed by atoms with E-state index >= 15 is 0 Å². The van der Waals surface area contributed by atoms with E-state index in [4.69, 9.17) is 4.42 Å². The zero-order valence-electron chi connectivity index (χ0n) is 14.8. The van der Waals surface area contributed by atoms with Crippen LogP contribution in [0.25, 0.3) is 21.9 Å². The van der Waals surface area contributed by atoms with Gasteiger partial charge in [0.2, 0.25) is 5.43 Å². The Hall–Kier alpha value is -2.09.